The number of fused-ring (bicyclic) bond motifs is 6. The van der Waals surface area contributed by atoms with Gasteiger partial charge in [0.15, 0.2) is 6.29 Å². The second-order valence-corrected chi connectivity index (χ2v) is 40.4. The van der Waals surface area contributed by atoms with Gasteiger partial charge in [0.2, 0.25) is 0 Å². The monoisotopic (exact) mass is 2210 g/mol. The Bertz CT molecular complexity index is 4460. The molecule has 27 heteroatoms. The molecule has 1 saturated heterocycles. The summed E-state index contributed by atoms with van der Waals surface area (Å²) >= 11 is 17.0. The van der Waals surface area contributed by atoms with Crippen LogP contribution >= 0.6 is 79.6 Å². The van der Waals surface area contributed by atoms with Gasteiger partial charge in [0.1, 0.15) is 46.4 Å². The van der Waals surface area contributed by atoms with E-state index in [1.165, 1.54) is 96.3 Å². The average Bonchev–Trinajstić information content (AvgIpc) is 1.59. The van der Waals surface area contributed by atoms with Crippen molar-refractivity contribution < 1.29 is 177 Å². The van der Waals surface area contributed by atoms with Crippen molar-refractivity contribution in [3.8, 4) is 0 Å². The molecule has 0 amide bonds. The van der Waals surface area contributed by atoms with Crippen LogP contribution in [0.15, 0.2) is 144 Å². The summed E-state index contributed by atoms with van der Waals surface area (Å²) in [6.45, 7) is 7.29. The number of carbonyl (C=O) groups is 8. The maximum atomic E-state index is 12.8. The number of nitrogens with zero attached hydrogens (tertiary/aromatic N) is 5. The van der Waals surface area contributed by atoms with Gasteiger partial charge in [-0.25, -0.2) is 0 Å². The number of Topliss-reactive ketones (excluding diaryl/α,β-unsaturated/α-hetero) is 6. The number of rotatable bonds is 18. The number of allylic oxidation sites excluding steroid dienone is 5. The molecule has 133 heavy (non-hydrogen) atoms. The van der Waals surface area contributed by atoms with E-state index in [9.17, 15) is 43.8 Å². The number of hydrogen-bond acceptors (Lipinski definition) is 20. The van der Waals surface area contributed by atoms with Gasteiger partial charge in [-0.15, -0.1) is 0 Å². The van der Waals surface area contributed by atoms with Crippen LogP contribution in [0.1, 0.15) is 289 Å². The van der Waals surface area contributed by atoms with E-state index in [1.807, 2.05) is 98.9 Å². The van der Waals surface area contributed by atoms with Crippen LogP contribution in [0.2, 0.25) is 0 Å². The first kappa shape index (κ1) is 128. The Balaban J connectivity index is 0.00000160. The van der Waals surface area contributed by atoms with Crippen LogP contribution in [0.3, 0.4) is 0 Å². The second kappa shape index (κ2) is 65.1. The molecule has 16 rings (SSSR count). The fourth-order valence-electron chi connectivity index (χ4n) is 22.8. The van der Waals surface area contributed by atoms with Crippen LogP contribution < -0.4 is 108 Å². The summed E-state index contributed by atoms with van der Waals surface area (Å²) in [6, 6.07) is 19.8. The molecule has 2 unspecified atom stereocenters. The predicted octanol–water partition coefficient (Wildman–Crippen LogP) is 19.2. The first-order valence-electron chi connectivity index (χ1n) is 44.7. The van der Waals surface area contributed by atoms with E-state index in [-0.39, 0.29) is 251 Å². The first-order valence-corrected chi connectivity index (χ1v) is 48.7. The Morgan fingerprint density at radius 3 is 1.20 bits per heavy atom. The predicted molar refractivity (Wildman–Crippen MR) is 543 cm³/mol. The smallest absolute Gasteiger partial charge is 1.00 e. The summed E-state index contributed by atoms with van der Waals surface area (Å²) in [6.07, 6.45) is 57.6. The van der Waals surface area contributed by atoms with E-state index < -0.39 is 11.9 Å². The number of aliphatic hydroxyl groups is 3. The van der Waals surface area contributed by atoms with Crippen molar-refractivity contribution in [1.82, 2.24) is 24.9 Å². The molecule has 20 nitrogen and oxygen atoms in total. The van der Waals surface area contributed by atoms with Crippen LogP contribution in [0, 0.1) is 112 Å². The molecule has 0 radical (unpaired) electrons. The van der Waals surface area contributed by atoms with Crippen LogP contribution in [0.4, 0.5) is 0 Å². The molecule has 0 spiro atoms. The third-order valence-electron chi connectivity index (χ3n) is 28.2. The van der Waals surface area contributed by atoms with Gasteiger partial charge in [-0.1, -0.05) is 153 Å². The third kappa shape index (κ3) is 37.3. The van der Waals surface area contributed by atoms with E-state index in [0.29, 0.717) is 116 Å². The zero-order chi connectivity index (χ0) is 89.0. The van der Waals surface area contributed by atoms with Gasteiger partial charge >= 0.3 is 103 Å². The molecule has 23 atom stereocenters. The number of ether oxygens (including phenoxy) is 2. The summed E-state index contributed by atoms with van der Waals surface area (Å²) in [4.78, 5) is 117. The number of ketones is 6. The quantitative estimate of drug-likeness (QED) is 0.0318. The van der Waals surface area contributed by atoms with E-state index in [1.54, 1.807) is 38.6 Å². The Labute approximate surface area is 924 Å². The Kier molecular flexibility index (Phi) is 62.6. The summed E-state index contributed by atoms with van der Waals surface area (Å²) < 4.78 is 15.7. The van der Waals surface area contributed by atoms with Gasteiger partial charge < -0.3 is 46.0 Å². The van der Waals surface area contributed by atoms with Crippen LogP contribution in [0.25, 0.3) is 30.4 Å². The molecule has 0 aromatic carbocycles. The van der Waals surface area contributed by atoms with E-state index >= 15 is 0 Å². The van der Waals surface area contributed by atoms with Crippen LogP contribution in [-0.2, 0) is 52.7 Å². The van der Waals surface area contributed by atoms with Gasteiger partial charge in [-0.3, -0.25) is 53.7 Å². The van der Waals surface area contributed by atoms with Crippen LogP contribution in [0.5, 0.6) is 0 Å². The number of hydrogen-bond donors (Lipinski definition) is 3. The van der Waals surface area contributed by atoms with Gasteiger partial charge in [-0.2, -0.15) is 0 Å². The molecule has 5 aromatic rings. The number of aromatic nitrogens is 5. The SMILES string of the molecule is C.C.C.C.C.C.C.CC(=O)C[C@@H]1C(=O)C[C@@H](/C=C/c2ccc(Br)cn2)[C@@H]2CCCC[C@H]21.CC(=O)C[C@H]1C(=O)C[C@@H]2CCCC[C@H]2[C@@H]1/C=C/c1ccc(Br)cn1.CO.C[C@@H](OC=O)C1C(=O)C[C@@H]2CCCC[C@H]2[C@@H]1/C=C/c1ccc(Br)cn1.C[C@H]1OC(O)[C@]2(O)C[C@@H]3CCCC[C@H]3[C@H](/C=C/c3ccc(Br)cn3)[C@H]12.O=C1C[C@@H]2CCCC[C@H]2[C@H](/C=C/c2ccc(Br)cn2)C1.O=CO[O-].[H-].[K+].[K+]. The minimum absolute atomic E-state index is 0. The number of aliphatic hydroxyl groups excluding tert-OH is 2. The molecule has 1 aliphatic heterocycles. The standard InChI is InChI=1S/C20H26BrNO3.C20H24BrNO3.2C20H24BrNO2.C17H20BrNO.CH2O3.CH4O.7CH4.2K.H/c1-12-18-17(9-8-15-7-6-14(21)11-22-15)16-5-3-2-4-13(16)10-20(18,24)19(23)25-12;1-13(25-12-23)20-18(9-8-16-7-6-15(21)11-22-16)17-5-3-2-4-14(17)10-19(20)24;1-13(23)10-19-18-5-3-2-4-17(18)14(11-20(19)24)6-8-16-9-7-15(21)12-22-16;1-13(23)10-19-18(9-8-16-7-6-15(21)12-22-16)17-5-3-2-4-14(17)11-20(19)24;18-14-6-8-15(19-11-14)7-5-13-10-16(20)9-12-3-1-2-4-17(12)13;2-1-4-3;1-2;;;;;;;;;;/h6-9,11-13,16-19,23-24H,2-5,10H2,1H3;6-9,11-14,17-18,20H,2-5,10H2,1H3;2*6-9,12,14,17-19H,2-5,10-11H2,1H3;5-8,11-13,17H,1-4,9-10H2;1,3H;2H,1H3;7*1H4;;;/q;;;;;;;;;;;;;;2*+1;-1/p-1/b2*9-8+;8-6+;9-8+;7-5+;;;;;;;;;;;;/t12-,13+,16-,17+,18+,19?,20+;13-,14+,17-,18+,20?;2*14-,17+,18-,19+;12-,13+,17+;;;;;;;;;;;;/m11100............/s1. The molecule has 3 N–H and O–H groups in total. The molecule has 0 bridgehead atoms. The van der Waals surface area contributed by atoms with Crippen molar-refractivity contribution in [3.63, 3.8) is 0 Å². The third-order valence-corrected chi connectivity index (χ3v) is 30.5. The van der Waals surface area contributed by atoms with Gasteiger partial charge in [0.05, 0.1) is 40.5 Å². The van der Waals surface area contributed by atoms with E-state index in [4.69, 9.17) is 24.6 Å². The Morgan fingerprint density at radius 1 is 0.459 bits per heavy atom. The molecule has 6 heterocycles. The van der Waals surface area contributed by atoms with Crippen molar-refractivity contribution in [2.75, 3.05) is 7.11 Å². The van der Waals surface area contributed by atoms with Crippen molar-refractivity contribution in [1.29, 1.82) is 0 Å². The topological polar surface area (TPSA) is 312 Å². The van der Waals surface area contributed by atoms with E-state index in [2.05, 4.69) is 152 Å². The van der Waals surface area contributed by atoms with Gasteiger partial charge in [0, 0.05) is 123 Å². The molecular weight excluding hydrogens is 2060 g/mol. The fourth-order valence-corrected chi connectivity index (χ4v) is 24.0. The summed E-state index contributed by atoms with van der Waals surface area (Å²) in [7, 11) is 1.00. The average molecular weight is 2210 g/mol. The van der Waals surface area contributed by atoms with Crippen molar-refractivity contribution in [3.05, 3.63) is 173 Å². The summed E-state index contributed by atoms with van der Waals surface area (Å²) in [5, 5.41) is 37.1. The summed E-state index contributed by atoms with van der Waals surface area (Å²) in [5.74, 6) is 7.49. The number of carbonyl (C=O) groups excluding carboxylic acids is 8. The zero-order valence-electron chi connectivity index (χ0n) is 75.0. The molecule has 10 aliphatic carbocycles. The van der Waals surface area contributed by atoms with Crippen molar-refractivity contribution >= 4 is 158 Å². The molecule has 11 fully saturated rings. The van der Waals surface area contributed by atoms with Crippen molar-refractivity contribution in [2.24, 2.45) is 112 Å². The van der Waals surface area contributed by atoms with Crippen molar-refractivity contribution in [2.45, 2.75) is 284 Å². The maximum absolute atomic E-state index is 12.8. The van der Waals surface area contributed by atoms with E-state index in [0.717, 1.165) is 103 Å². The molecular formula is C106H152Br5K2N5O15. The molecule has 11 aliphatic rings. The molecule has 728 valence electrons. The summed E-state index contributed by atoms with van der Waals surface area (Å²) in [5.41, 5.74) is 3.45. The fraction of sp³-hybridized carbons (Fsp3) is 0.594. The minimum Gasteiger partial charge on any atom is -1.00 e. The van der Waals surface area contributed by atoms with Crippen LogP contribution in [-0.4, -0.2) is 119 Å². The number of halogens is 5. The number of pyridine rings is 5. The van der Waals surface area contributed by atoms with Gasteiger partial charge in [-0.05, 0) is 351 Å². The second-order valence-electron chi connectivity index (χ2n) is 35.9. The maximum Gasteiger partial charge on any atom is 1.00 e. The van der Waals surface area contributed by atoms with Gasteiger partial charge in [0.25, 0.3) is 12.9 Å². The Hall–Kier alpha value is -3.12. The molecule has 5 aromatic heterocycles. The molecule has 10 saturated carbocycles. The normalized spacial score (nSPS) is 29.7. The zero-order valence-corrected chi connectivity index (χ0v) is 88.1. The Morgan fingerprint density at radius 2 is 0.789 bits per heavy atom. The largest absolute Gasteiger partial charge is 1.00 e. The first-order chi connectivity index (χ1) is 59.8. The minimum atomic E-state index is -1.12.